The predicted octanol–water partition coefficient (Wildman–Crippen LogP) is 2.49. The molecular formula is C18H31Cl2N3O2. The number of rotatable bonds is 8. The number of carbonyl (C=O) groups excluding carboxylic acids is 1. The van der Waals surface area contributed by atoms with Gasteiger partial charge >= 0.3 is 0 Å². The van der Waals surface area contributed by atoms with Crippen LogP contribution in [0.2, 0.25) is 0 Å². The number of amides is 1. The molecule has 1 aromatic rings. The third kappa shape index (κ3) is 7.02. The summed E-state index contributed by atoms with van der Waals surface area (Å²) in [6.07, 6.45) is 2.62. The zero-order valence-corrected chi connectivity index (χ0v) is 16.8. The van der Waals surface area contributed by atoms with Crippen LogP contribution in [0.5, 0.6) is 0 Å². The third-order valence-corrected chi connectivity index (χ3v) is 4.62. The second-order valence-corrected chi connectivity index (χ2v) is 6.33. The molecule has 0 atom stereocenters. The summed E-state index contributed by atoms with van der Waals surface area (Å²) in [5.41, 5.74) is 0.846. The van der Waals surface area contributed by atoms with Crippen molar-refractivity contribution in [2.24, 2.45) is 5.41 Å². The van der Waals surface area contributed by atoms with Crippen molar-refractivity contribution in [1.82, 2.24) is 10.6 Å². The number of benzene rings is 1. The minimum atomic E-state index is -0.356. The number of anilines is 1. The highest BCUT2D eigenvalue weighted by Crippen LogP contribution is 2.29. The molecule has 1 heterocycles. The Balaban J connectivity index is 0.00000288. The number of piperidine rings is 1. The second kappa shape index (κ2) is 12.4. The molecule has 0 aliphatic carbocycles. The molecule has 1 aliphatic heterocycles. The van der Waals surface area contributed by atoms with Crippen molar-refractivity contribution in [1.29, 1.82) is 0 Å². The Morgan fingerprint density at radius 1 is 1.24 bits per heavy atom. The lowest BCUT2D eigenvalue weighted by molar-refractivity contribution is -0.136. The van der Waals surface area contributed by atoms with Gasteiger partial charge in [0.25, 0.3) is 0 Å². The van der Waals surface area contributed by atoms with Gasteiger partial charge in [0.15, 0.2) is 0 Å². The smallest absolute Gasteiger partial charge is 0.228 e. The van der Waals surface area contributed by atoms with E-state index in [2.05, 4.69) is 34.7 Å². The van der Waals surface area contributed by atoms with Gasteiger partial charge < -0.3 is 20.3 Å². The van der Waals surface area contributed by atoms with Gasteiger partial charge in [0, 0.05) is 32.9 Å². The normalized spacial score (nSPS) is 15.4. The van der Waals surface area contributed by atoms with E-state index in [-0.39, 0.29) is 36.1 Å². The maximum absolute atomic E-state index is 12.6. The standard InChI is InChI=1S/C18H29N3O2.2ClH/c1-21(16-7-4-3-5-8-16)14-6-11-20-17(22)18(15-23-2)9-12-19-13-10-18;;/h3-5,7-8,19H,6,9-15H2,1-2H3,(H,20,22);2*1H. The molecule has 1 fully saturated rings. The molecule has 25 heavy (non-hydrogen) atoms. The molecule has 0 spiro atoms. The molecule has 5 nitrogen and oxygen atoms in total. The van der Waals surface area contributed by atoms with E-state index < -0.39 is 0 Å². The Kier molecular flexibility index (Phi) is 11.9. The molecule has 2 N–H and O–H groups in total. The van der Waals surface area contributed by atoms with Gasteiger partial charge in [-0.15, -0.1) is 24.8 Å². The van der Waals surface area contributed by atoms with Crippen LogP contribution >= 0.6 is 24.8 Å². The number of nitrogens with one attached hydrogen (secondary N) is 2. The van der Waals surface area contributed by atoms with Gasteiger partial charge in [0.05, 0.1) is 12.0 Å². The van der Waals surface area contributed by atoms with Crippen molar-refractivity contribution in [2.45, 2.75) is 19.3 Å². The number of halogens is 2. The van der Waals surface area contributed by atoms with E-state index in [9.17, 15) is 4.79 Å². The highest BCUT2D eigenvalue weighted by atomic mass is 35.5. The number of nitrogens with zero attached hydrogens (tertiary/aromatic N) is 1. The number of hydrogen-bond acceptors (Lipinski definition) is 4. The molecule has 2 rings (SSSR count). The van der Waals surface area contributed by atoms with E-state index in [1.54, 1.807) is 7.11 Å². The molecule has 1 aromatic carbocycles. The zero-order chi connectivity index (χ0) is 16.5. The van der Waals surface area contributed by atoms with E-state index in [1.165, 1.54) is 5.69 Å². The van der Waals surface area contributed by atoms with Gasteiger partial charge in [-0.3, -0.25) is 4.79 Å². The second-order valence-electron chi connectivity index (χ2n) is 6.33. The van der Waals surface area contributed by atoms with Crippen molar-refractivity contribution in [3.05, 3.63) is 30.3 Å². The average molecular weight is 392 g/mol. The molecule has 0 radical (unpaired) electrons. The Morgan fingerprint density at radius 3 is 2.48 bits per heavy atom. The maximum atomic E-state index is 12.6. The van der Waals surface area contributed by atoms with E-state index >= 15 is 0 Å². The number of hydrogen-bond donors (Lipinski definition) is 2. The first-order valence-electron chi connectivity index (χ1n) is 8.42. The molecule has 0 aromatic heterocycles. The Hall–Kier alpha value is -1.01. The fourth-order valence-electron chi connectivity index (χ4n) is 3.14. The topological polar surface area (TPSA) is 53.6 Å². The molecule has 0 bridgehead atoms. The Morgan fingerprint density at radius 2 is 1.88 bits per heavy atom. The monoisotopic (exact) mass is 391 g/mol. The summed E-state index contributed by atoms with van der Waals surface area (Å²) < 4.78 is 5.31. The van der Waals surface area contributed by atoms with Crippen LogP contribution in [0.4, 0.5) is 5.69 Å². The molecule has 7 heteroatoms. The van der Waals surface area contributed by atoms with Crippen molar-refractivity contribution in [3.8, 4) is 0 Å². The average Bonchev–Trinajstić information content (AvgIpc) is 2.60. The minimum absolute atomic E-state index is 0. The van der Waals surface area contributed by atoms with Crippen molar-refractivity contribution < 1.29 is 9.53 Å². The number of ether oxygens (including phenoxy) is 1. The molecular weight excluding hydrogens is 361 g/mol. The predicted molar refractivity (Wildman–Crippen MR) is 108 cm³/mol. The van der Waals surface area contributed by atoms with E-state index in [4.69, 9.17) is 4.74 Å². The van der Waals surface area contributed by atoms with Crippen molar-refractivity contribution in [3.63, 3.8) is 0 Å². The quantitative estimate of drug-likeness (QED) is 0.668. The van der Waals surface area contributed by atoms with Gasteiger partial charge in [-0.25, -0.2) is 0 Å². The molecule has 0 saturated carbocycles. The summed E-state index contributed by atoms with van der Waals surface area (Å²) in [6.45, 7) is 3.89. The summed E-state index contributed by atoms with van der Waals surface area (Å²) in [4.78, 5) is 14.8. The van der Waals surface area contributed by atoms with Crippen LogP contribution in [-0.4, -0.2) is 52.9 Å². The van der Waals surface area contributed by atoms with Gasteiger partial charge in [-0.2, -0.15) is 0 Å². The van der Waals surface area contributed by atoms with Crippen molar-refractivity contribution in [2.75, 3.05) is 51.8 Å². The molecule has 1 saturated heterocycles. The highest BCUT2D eigenvalue weighted by Gasteiger charge is 2.39. The van der Waals surface area contributed by atoms with Crippen LogP contribution < -0.4 is 15.5 Å². The van der Waals surface area contributed by atoms with Crippen molar-refractivity contribution >= 4 is 36.4 Å². The molecule has 1 aliphatic rings. The van der Waals surface area contributed by atoms with Gasteiger partial charge in [0.2, 0.25) is 5.91 Å². The first kappa shape index (κ1) is 24.0. The molecule has 0 unspecified atom stereocenters. The lowest BCUT2D eigenvalue weighted by Crippen LogP contribution is -2.50. The fourth-order valence-corrected chi connectivity index (χ4v) is 3.14. The Bertz CT molecular complexity index is 477. The Labute approximate surface area is 163 Å². The van der Waals surface area contributed by atoms with E-state index in [1.807, 2.05) is 18.2 Å². The summed E-state index contributed by atoms with van der Waals surface area (Å²) in [5.74, 6) is 0.142. The lowest BCUT2D eigenvalue weighted by atomic mass is 9.78. The summed E-state index contributed by atoms with van der Waals surface area (Å²) in [6, 6.07) is 10.3. The number of para-hydroxylation sites is 1. The molecule has 144 valence electrons. The number of carbonyl (C=O) groups is 1. The van der Waals surface area contributed by atoms with Crippen LogP contribution in [0, 0.1) is 5.41 Å². The summed E-state index contributed by atoms with van der Waals surface area (Å²) >= 11 is 0. The third-order valence-electron chi connectivity index (χ3n) is 4.62. The summed E-state index contributed by atoms with van der Waals surface area (Å²) in [5, 5.41) is 6.42. The van der Waals surface area contributed by atoms with Crippen LogP contribution in [-0.2, 0) is 9.53 Å². The lowest BCUT2D eigenvalue weighted by Gasteiger charge is -2.35. The van der Waals surface area contributed by atoms with Crippen LogP contribution in [0.15, 0.2) is 30.3 Å². The minimum Gasteiger partial charge on any atom is -0.384 e. The zero-order valence-electron chi connectivity index (χ0n) is 15.1. The first-order chi connectivity index (χ1) is 11.2. The molecule has 1 amide bonds. The highest BCUT2D eigenvalue weighted by molar-refractivity contribution is 5.85. The maximum Gasteiger partial charge on any atom is 0.228 e. The fraction of sp³-hybridized carbons (Fsp3) is 0.611. The van der Waals surface area contributed by atoms with Gasteiger partial charge in [-0.05, 0) is 44.5 Å². The largest absolute Gasteiger partial charge is 0.384 e. The van der Waals surface area contributed by atoms with E-state index in [0.29, 0.717) is 13.2 Å². The first-order valence-corrected chi connectivity index (χ1v) is 8.42. The number of methoxy groups -OCH3 is 1. The van der Waals surface area contributed by atoms with Crippen LogP contribution in [0.3, 0.4) is 0 Å². The van der Waals surface area contributed by atoms with Crippen LogP contribution in [0.1, 0.15) is 19.3 Å². The SMILES string of the molecule is COCC1(C(=O)NCCCN(C)c2ccccc2)CCNCC1.Cl.Cl. The van der Waals surface area contributed by atoms with E-state index in [0.717, 1.165) is 38.9 Å². The summed E-state index contributed by atoms with van der Waals surface area (Å²) in [7, 11) is 3.75. The van der Waals surface area contributed by atoms with Gasteiger partial charge in [0.1, 0.15) is 0 Å². The van der Waals surface area contributed by atoms with Crippen LogP contribution in [0.25, 0.3) is 0 Å². The van der Waals surface area contributed by atoms with Gasteiger partial charge in [-0.1, -0.05) is 18.2 Å².